The molecule has 0 saturated carbocycles. The highest BCUT2D eigenvalue weighted by molar-refractivity contribution is 5.68. The minimum atomic E-state index is -1.29. The van der Waals surface area contributed by atoms with Crippen LogP contribution in [0.2, 0.25) is 0 Å². The first-order valence-corrected chi connectivity index (χ1v) is 12.9. The van der Waals surface area contributed by atoms with Crippen LogP contribution in [0.1, 0.15) is 55.3 Å². The number of rotatable bonds is 12. The lowest BCUT2D eigenvalue weighted by Gasteiger charge is -2.25. The molecule has 1 saturated heterocycles. The summed E-state index contributed by atoms with van der Waals surface area (Å²) in [6, 6.07) is 11.7. The van der Waals surface area contributed by atoms with Crippen LogP contribution in [0.4, 0.5) is 10.2 Å². The quantitative estimate of drug-likeness (QED) is 0.446. The fourth-order valence-electron chi connectivity index (χ4n) is 5.09. The van der Waals surface area contributed by atoms with Crippen LogP contribution in [0.25, 0.3) is 0 Å². The first-order valence-electron chi connectivity index (χ1n) is 12.9. The van der Waals surface area contributed by atoms with Crippen LogP contribution in [-0.4, -0.2) is 72.6 Å². The van der Waals surface area contributed by atoms with Crippen molar-refractivity contribution in [3.63, 3.8) is 0 Å². The summed E-state index contributed by atoms with van der Waals surface area (Å²) in [5.74, 6) is 0.512. The van der Waals surface area contributed by atoms with Crippen LogP contribution in [-0.2, 0) is 22.4 Å². The number of aliphatic carboxylic acids is 1. The van der Waals surface area contributed by atoms with E-state index in [1.54, 1.807) is 7.11 Å². The Hall–Kier alpha value is -2.71. The third-order valence-corrected chi connectivity index (χ3v) is 7.28. The summed E-state index contributed by atoms with van der Waals surface area (Å²) in [7, 11) is 1.63. The molecular weight excluding hydrogens is 461 g/mol. The second kappa shape index (κ2) is 12.0. The van der Waals surface area contributed by atoms with Gasteiger partial charge in [0, 0.05) is 44.9 Å². The van der Waals surface area contributed by atoms with Gasteiger partial charge in [-0.2, -0.15) is 0 Å². The number of ether oxygens (including phenoxy) is 2. The summed E-state index contributed by atoms with van der Waals surface area (Å²) >= 11 is 0. The van der Waals surface area contributed by atoms with Gasteiger partial charge < -0.3 is 19.9 Å². The van der Waals surface area contributed by atoms with Gasteiger partial charge in [-0.3, -0.25) is 9.69 Å². The number of nitrogens with one attached hydrogen (secondary N) is 1. The second-order valence-corrected chi connectivity index (χ2v) is 10.2. The number of alkyl halides is 1. The number of hydrogen-bond acceptors (Lipinski definition) is 6. The molecule has 196 valence electrons. The monoisotopic (exact) mass is 499 g/mol. The number of aromatic nitrogens is 1. The lowest BCUT2D eigenvalue weighted by molar-refractivity contribution is -0.137. The van der Waals surface area contributed by atoms with Crippen molar-refractivity contribution in [2.45, 2.75) is 63.1 Å². The van der Waals surface area contributed by atoms with Gasteiger partial charge in [-0.05, 0) is 68.4 Å². The van der Waals surface area contributed by atoms with Crippen molar-refractivity contribution in [2.75, 3.05) is 45.2 Å². The Morgan fingerprint density at radius 2 is 2.19 bits per heavy atom. The van der Waals surface area contributed by atoms with E-state index in [9.17, 15) is 9.90 Å². The van der Waals surface area contributed by atoms with Crippen LogP contribution < -0.4 is 10.1 Å². The van der Waals surface area contributed by atoms with Gasteiger partial charge in [0.05, 0.1) is 12.5 Å². The average Bonchev–Trinajstić information content (AvgIpc) is 3.26. The third kappa shape index (κ3) is 7.17. The number of carboxylic acids is 1. The Bertz CT molecular complexity index is 1040. The predicted octanol–water partition coefficient (Wildman–Crippen LogP) is 4.46. The summed E-state index contributed by atoms with van der Waals surface area (Å²) in [6.45, 7) is 4.70. The maximum absolute atomic E-state index is 15.7. The van der Waals surface area contributed by atoms with Crippen LogP contribution >= 0.6 is 0 Å². The van der Waals surface area contributed by atoms with Gasteiger partial charge >= 0.3 is 5.97 Å². The zero-order valence-electron chi connectivity index (χ0n) is 21.3. The minimum absolute atomic E-state index is 0.0141. The van der Waals surface area contributed by atoms with E-state index >= 15 is 4.39 Å². The van der Waals surface area contributed by atoms with Gasteiger partial charge in [-0.1, -0.05) is 18.2 Å². The number of likely N-dealkylation sites (tertiary alicyclic amines) is 1. The van der Waals surface area contributed by atoms with E-state index in [1.165, 1.54) is 5.56 Å². The zero-order chi connectivity index (χ0) is 25.5. The Morgan fingerprint density at radius 3 is 3.00 bits per heavy atom. The molecule has 4 rings (SSSR count). The SMILES string of the molecule is CO[C@H](C)COc1cccc(C(CC(=O)O)CN2CC[C@@](F)(CCc3ccc4c(n3)NCCC4)C2)c1. The first-order chi connectivity index (χ1) is 17.3. The van der Waals surface area contributed by atoms with E-state index in [4.69, 9.17) is 14.5 Å². The normalized spacial score (nSPS) is 21.4. The molecule has 3 heterocycles. The first kappa shape index (κ1) is 26.4. The molecule has 0 spiro atoms. The smallest absolute Gasteiger partial charge is 0.304 e. The number of benzene rings is 1. The lowest BCUT2D eigenvalue weighted by Crippen LogP contribution is -2.32. The highest BCUT2D eigenvalue weighted by Gasteiger charge is 2.39. The Kier molecular flexibility index (Phi) is 8.80. The molecule has 0 bridgehead atoms. The van der Waals surface area contributed by atoms with Gasteiger partial charge in [0.25, 0.3) is 0 Å². The summed E-state index contributed by atoms with van der Waals surface area (Å²) in [5, 5.41) is 12.9. The van der Waals surface area contributed by atoms with Crippen LogP contribution in [0.5, 0.6) is 5.75 Å². The molecule has 2 aliphatic rings. The van der Waals surface area contributed by atoms with Crippen molar-refractivity contribution in [2.24, 2.45) is 0 Å². The minimum Gasteiger partial charge on any atom is -0.491 e. The van der Waals surface area contributed by atoms with Crippen LogP contribution in [0.15, 0.2) is 36.4 Å². The van der Waals surface area contributed by atoms with E-state index in [1.807, 2.05) is 37.3 Å². The molecule has 2 aromatic rings. The molecule has 0 radical (unpaired) electrons. The number of anilines is 1. The number of carboxylic acid groups (broad SMARTS) is 1. The van der Waals surface area contributed by atoms with E-state index in [0.717, 1.165) is 36.5 Å². The molecule has 0 aliphatic carbocycles. The summed E-state index contributed by atoms with van der Waals surface area (Å²) in [4.78, 5) is 18.4. The molecule has 1 aromatic carbocycles. The fourth-order valence-corrected chi connectivity index (χ4v) is 5.09. The van der Waals surface area contributed by atoms with E-state index in [-0.39, 0.29) is 18.4 Å². The number of halogens is 1. The van der Waals surface area contributed by atoms with Crippen molar-refractivity contribution >= 4 is 11.8 Å². The van der Waals surface area contributed by atoms with Gasteiger partial charge in [-0.15, -0.1) is 0 Å². The van der Waals surface area contributed by atoms with Crippen molar-refractivity contribution in [1.29, 1.82) is 0 Å². The van der Waals surface area contributed by atoms with E-state index in [2.05, 4.69) is 16.3 Å². The van der Waals surface area contributed by atoms with Gasteiger partial charge in [0.2, 0.25) is 0 Å². The highest BCUT2D eigenvalue weighted by Crippen LogP contribution is 2.33. The topological polar surface area (TPSA) is 83.9 Å². The van der Waals surface area contributed by atoms with E-state index < -0.39 is 11.6 Å². The molecule has 7 nitrogen and oxygen atoms in total. The standard InChI is InChI=1S/C28H38FN3O4/c1-20(35-2)18-36-25-7-3-5-22(15-25)23(16-26(33)34)17-32-14-12-28(29,19-32)11-10-24-9-8-21-6-4-13-30-27(21)31-24/h3,5,7-9,15,20,23H,4,6,10-14,16-19H2,1-2H3,(H,30,31)(H,33,34)/t20-,23?,28+/m1/s1. The molecular formula is C28H38FN3O4. The molecule has 1 unspecified atom stereocenters. The zero-order valence-corrected chi connectivity index (χ0v) is 21.3. The van der Waals surface area contributed by atoms with Gasteiger partial charge in [0.15, 0.2) is 0 Å². The molecule has 3 atom stereocenters. The molecule has 36 heavy (non-hydrogen) atoms. The van der Waals surface area contributed by atoms with Crippen molar-refractivity contribution < 1.29 is 23.8 Å². The largest absolute Gasteiger partial charge is 0.491 e. The number of hydrogen-bond donors (Lipinski definition) is 2. The summed E-state index contributed by atoms with van der Waals surface area (Å²) < 4.78 is 26.8. The lowest BCUT2D eigenvalue weighted by atomic mass is 9.94. The molecule has 2 aliphatic heterocycles. The number of methoxy groups -OCH3 is 1. The second-order valence-electron chi connectivity index (χ2n) is 10.2. The van der Waals surface area contributed by atoms with Crippen molar-refractivity contribution in [3.8, 4) is 5.75 Å². The molecule has 1 aromatic heterocycles. The highest BCUT2D eigenvalue weighted by atomic mass is 19.1. The average molecular weight is 500 g/mol. The Morgan fingerprint density at radius 1 is 1.33 bits per heavy atom. The van der Waals surface area contributed by atoms with Gasteiger partial charge in [-0.25, -0.2) is 9.37 Å². The van der Waals surface area contributed by atoms with Crippen LogP contribution in [0.3, 0.4) is 0 Å². The maximum Gasteiger partial charge on any atom is 0.304 e. The summed E-state index contributed by atoms with van der Waals surface area (Å²) in [6.07, 6.45) is 3.56. The van der Waals surface area contributed by atoms with E-state index in [0.29, 0.717) is 51.3 Å². The Balaban J connectivity index is 1.35. The fraction of sp³-hybridized carbons (Fsp3) is 0.571. The van der Waals surface area contributed by atoms with Crippen molar-refractivity contribution in [3.05, 3.63) is 53.2 Å². The molecule has 0 amide bonds. The number of aryl methyl sites for hydroxylation is 2. The molecule has 8 heteroatoms. The number of nitrogens with zero attached hydrogens (tertiary/aromatic N) is 2. The van der Waals surface area contributed by atoms with Crippen molar-refractivity contribution in [1.82, 2.24) is 9.88 Å². The van der Waals surface area contributed by atoms with Crippen LogP contribution in [0, 0.1) is 0 Å². The number of pyridine rings is 1. The maximum atomic E-state index is 15.7. The van der Waals surface area contributed by atoms with Gasteiger partial charge in [0.1, 0.15) is 23.8 Å². The summed E-state index contributed by atoms with van der Waals surface area (Å²) in [5.41, 5.74) is 1.75. The predicted molar refractivity (Wildman–Crippen MR) is 138 cm³/mol. The number of carbonyl (C=O) groups is 1. The number of fused-ring (bicyclic) bond motifs is 1. The molecule has 2 N–H and O–H groups in total. The third-order valence-electron chi connectivity index (χ3n) is 7.28. The molecule has 1 fully saturated rings. The Labute approximate surface area is 213 Å².